The highest BCUT2D eigenvalue weighted by molar-refractivity contribution is 5.95. The quantitative estimate of drug-likeness (QED) is 0.0440. The Kier molecular flexibility index (Phi) is 29.5. The molecular weight excluding hydrogens is 765 g/mol. The smallest absolute Gasteiger partial charge is 0.417 e. The van der Waals surface area contributed by atoms with E-state index in [9.17, 15) is 61.4 Å². The van der Waals surface area contributed by atoms with Crippen molar-refractivity contribution in [3.63, 3.8) is 0 Å². The average molecular weight is 815 g/mol. The normalized spacial score (nSPS) is 11.3. The summed E-state index contributed by atoms with van der Waals surface area (Å²) in [4.78, 5) is 97.1. The van der Waals surface area contributed by atoms with E-state index in [2.05, 4.69) is 33.9 Å². The molecule has 318 valence electrons. The SMILES string of the molecule is C=C(COC(=O)CC(C)=O)C(=O)O.C=C(COCCOC(=O)CC(C)=O)C(=O)OCC.C=C(COCCOC(=O)CC(C)=O)C(=O)OCCC(C)(O)C(F)(F)F. The Morgan fingerprint density at radius 3 is 1.27 bits per heavy atom. The van der Waals surface area contributed by atoms with Crippen LogP contribution in [0.5, 0.6) is 0 Å². The number of ketones is 3. The van der Waals surface area contributed by atoms with Crippen LogP contribution in [0.4, 0.5) is 13.2 Å². The van der Waals surface area contributed by atoms with Crippen LogP contribution < -0.4 is 0 Å². The molecule has 0 rings (SSSR count). The molecule has 1 atom stereocenters. The van der Waals surface area contributed by atoms with E-state index in [4.69, 9.17) is 24.1 Å². The molecule has 0 spiro atoms. The van der Waals surface area contributed by atoms with Gasteiger partial charge < -0.3 is 43.4 Å². The van der Waals surface area contributed by atoms with Crippen LogP contribution in [0.1, 0.15) is 60.3 Å². The van der Waals surface area contributed by atoms with E-state index >= 15 is 0 Å². The molecule has 0 aromatic heterocycles. The van der Waals surface area contributed by atoms with Crippen molar-refractivity contribution in [1.29, 1.82) is 0 Å². The predicted molar refractivity (Wildman–Crippen MR) is 184 cm³/mol. The number of esters is 5. The maximum atomic E-state index is 12.4. The molecule has 0 aromatic carbocycles. The molecule has 21 heteroatoms. The highest BCUT2D eigenvalue weighted by Crippen LogP contribution is 2.32. The lowest BCUT2D eigenvalue weighted by Crippen LogP contribution is -2.43. The van der Waals surface area contributed by atoms with Gasteiger partial charge in [-0.05, 0) is 34.6 Å². The number of rotatable bonds is 25. The van der Waals surface area contributed by atoms with Crippen molar-refractivity contribution in [3.05, 3.63) is 36.5 Å². The molecule has 0 saturated heterocycles. The van der Waals surface area contributed by atoms with E-state index < -0.39 is 60.6 Å². The van der Waals surface area contributed by atoms with Crippen molar-refractivity contribution >= 4 is 53.2 Å². The van der Waals surface area contributed by atoms with Crippen LogP contribution in [0.3, 0.4) is 0 Å². The molecule has 1 unspecified atom stereocenters. The minimum Gasteiger partial charge on any atom is -0.478 e. The molecule has 0 heterocycles. The monoisotopic (exact) mass is 814 g/mol. The Hall–Kier alpha value is -5.28. The van der Waals surface area contributed by atoms with Crippen molar-refractivity contribution in [2.75, 3.05) is 59.5 Å². The number of hydrogen-bond acceptors (Lipinski definition) is 17. The fourth-order valence-electron chi connectivity index (χ4n) is 2.75. The second-order valence-electron chi connectivity index (χ2n) is 11.3. The molecule has 0 saturated carbocycles. The van der Waals surface area contributed by atoms with Gasteiger partial charge in [0.05, 0.1) is 56.4 Å². The third kappa shape index (κ3) is 32.2. The Balaban J connectivity index is -0.000000795. The van der Waals surface area contributed by atoms with Crippen LogP contribution in [-0.4, -0.2) is 135 Å². The van der Waals surface area contributed by atoms with E-state index in [1.54, 1.807) is 6.92 Å². The first-order valence-corrected chi connectivity index (χ1v) is 16.3. The van der Waals surface area contributed by atoms with Gasteiger partial charge in [0.25, 0.3) is 0 Å². The van der Waals surface area contributed by atoms with Crippen molar-refractivity contribution < 1.29 is 99.7 Å². The molecule has 0 amide bonds. The van der Waals surface area contributed by atoms with Crippen LogP contribution in [0.25, 0.3) is 0 Å². The van der Waals surface area contributed by atoms with Crippen molar-refractivity contribution in [2.45, 2.75) is 72.1 Å². The summed E-state index contributed by atoms with van der Waals surface area (Å²) in [5.74, 6) is -5.65. The molecule has 0 aliphatic heterocycles. The fourth-order valence-corrected chi connectivity index (χ4v) is 2.75. The maximum Gasteiger partial charge on any atom is 0.417 e. The molecular formula is C35H49F3O18. The Bertz CT molecular complexity index is 1400. The summed E-state index contributed by atoms with van der Waals surface area (Å²) in [5.41, 5.74) is -3.14. The number of hydrogen-bond donors (Lipinski definition) is 2. The standard InChI is InChI=1S/C15H21F3O7.C12H18O6.C8H10O5/c1-10(9-23-6-7-24-12(20)8-11(2)19)13(21)25-5-4-14(3,22)15(16,17)18;1-4-17-12(15)9(2)8-16-5-6-18-11(14)7-10(3)13;1-5(8(11)12)4-13-7(10)3-6(2)9/h22H,1,4-9H2,2-3H3;2,4-8H2,1,3H3;1,3-4H2,2H3,(H,11,12). The number of Topliss-reactive ketones (excluding diaryl/α,β-unsaturated/α-hetero) is 3. The van der Waals surface area contributed by atoms with Gasteiger partial charge in [0.2, 0.25) is 0 Å². The largest absolute Gasteiger partial charge is 0.478 e. The number of aliphatic carboxylic acids is 1. The Labute approximate surface area is 320 Å². The molecule has 0 radical (unpaired) electrons. The number of alkyl halides is 3. The molecule has 0 aromatic rings. The lowest BCUT2D eigenvalue weighted by molar-refractivity contribution is -0.257. The second kappa shape index (κ2) is 30.0. The van der Waals surface area contributed by atoms with E-state index in [0.717, 1.165) is 0 Å². The average Bonchev–Trinajstić information content (AvgIpc) is 3.05. The van der Waals surface area contributed by atoms with Gasteiger partial charge in [0, 0.05) is 6.42 Å². The van der Waals surface area contributed by atoms with Crippen LogP contribution in [0.2, 0.25) is 0 Å². The zero-order chi connectivity index (χ0) is 44.1. The summed E-state index contributed by atoms with van der Waals surface area (Å²) in [5, 5.41) is 17.5. The van der Waals surface area contributed by atoms with Gasteiger partial charge in [-0.2, -0.15) is 13.2 Å². The molecule has 0 fully saturated rings. The van der Waals surface area contributed by atoms with E-state index in [0.29, 0.717) is 6.92 Å². The molecule has 0 bridgehead atoms. The second-order valence-corrected chi connectivity index (χ2v) is 11.3. The first-order chi connectivity index (χ1) is 25.8. The van der Waals surface area contributed by atoms with Gasteiger partial charge in [-0.15, -0.1) is 0 Å². The summed E-state index contributed by atoms with van der Waals surface area (Å²) in [6, 6.07) is 0. The minimum absolute atomic E-state index is 0.0170. The molecule has 2 N–H and O–H groups in total. The topological polar surface area (TPSA) is 259 Å². The third-order valence-corrected chi connectivity index (χ3v) is 5.71. The highest BCUT2D eigenvalue weighted by atomic mass is 19.4. The predicted octanol–water partition coefficient (Wildman–Crippen LogP) is 2.12. The highest BCUT2D eigenvalue weighted by Gasteiger charge is 2.49. The number of carboxylic acid groups (broad SMARTS) is 1. The number of carbonyl (C=O) groups is 9. The fraction of sp³-hybridized carbons (Fsp3) is 0.571. The molecule has 0 aliphatic carbocycles. The van der Waals surface area contributed by atoms with Gasteiger partial charge in [-0.25, -0.2) is 14.4 Å². The lowest BCUT2D eigenvalue weighted by Gasteiger charge is -2.25. The number of ether oxygens (including phenoxy) is 7. The summed E-state index contributed by atoms with van der Waals surface area (Å²) in [7, 11) is 0. The third-order valence-electron chi connectivity index (χ3n) is 5.71. The van der Waals surface area contributed by atoms with Gasteiger partial charge in [-0.3, -0.25) is 28.8 Å². The molecule has 18 nitrogen and oxygen atoms in total. The number of aliphatic hydroxyl groups is 1. The van der Waals surface area contributed by atoms with Gasteiger partial charge in [0.1, 0.15) is 56.4 Å². The van der Waals surface area contributed by atoms with Crippen LogP contribution in [0.15, 0.2) is 36.5 Å². The molecule has 56 heavy (non-hydrogen) atoms. The van der Waals surface area contributed by atoms with Crippen molar-refractivity contribution in [3.8, 4) is 0 Å². The summed E-state index contributed by atoms with van der Waals surface area (Å²) in [6.45, 7) is 15.0. The lowest BCUT2D eigenvalue weighted by atomic mass is 10.0. The van der Waals surface area contributed by atoms with Gasteiger partial charge in [-0.1, -0.05) is 19.7 Å². The Morgan fingerprint density at radius 1 is 0.554 bits per heavy atom. The summed E-state index contributed by atoms with van der Waals surface area (Å²) in [6.07, 6.45) is -6.58. The van der Waals surface area contributed by atoms with Crippen molar-refractivity contribution in [1.82, 2.24) is 0 Å². The first-order valence-electron chi connectivity index (χ1n) is 16.3. The number of halogens is 3. The molecule has 0 aliphatic rings. The van der Waals surface area contributed by atoms with E-state index in [1.165, 1.54) is 20.8 Å². The zero-order valence-corrected chi connectivity index (χ0v) is 31.9. The maximum absolute atomic E-state index is 12.4. The number of carbonyl (C=O) groups excluding carboxylic acids is 8. The van der Waals surface area contributed by atoms with Crippen molar-refractivity contribution in [2.24, 2.45) is 0 Å². The van der Waals surface area contributed by atoms with E-state index in [-0.39, 0.29) is 106 Å². The van der Waals surface area contributed by atoms with Crippen LogP contribution >= 0.6 is 0 Å². The first kappa shape index (κ1) is 55.1. The summed E-state index contributed by atoms with van der Waals surface area (Å²) < 4.78 is 70.3. The van der Waals surface area contributed by atoms with Gasteiger partial charge in [0.15, 0.2) is 5.60 Å². The summed E-state index contributed by atoms with van der Waals surface area (Å²) >= 11 is 0. The van der Waals surface area contributed by atoms with Crippen LogP contribution in [-0.2, 0) is 76.3 Å². The van der Waals surface area contributed by atoms with Crippen LogP contribution in [0, 0.1) is 0 Å². The Morgan fingerprint density at radius 2 is 0.929 bits per heavy atom. The number of carboxylic acids is 1. The van der Waals surface area contributed by atoms with E-state index in [1.807, 2.05) is 0 Å². The van der Waals surface area contributed by atoms with Gasteiger partial charge >= 0.3 is 42.0 Å². The minimum atomic E-state index is -4.83. The zero-order valence-electron chi connectivity index (χ0n) is 31.9.